The number of anilines is 1. The number of carbonyl (C=O) groups is 1. The highest BCUT2D eigenvalue weighted by atomic mass is 32.2. The van der Waals surface area contributed by atoms with Crippen LogP contribution in [0.15, 0.2) is 40.7 Å². The molecule has 31 heavy (non-hydrogen) atoms. The van der Waals surface area contributed by atoms with Gasteiger partial charge in [-0.1, -0.05) is 0 Å². The van der Waals surface area contributed by atoms with Gasteiger partial charge in [0.2, 0.25) is 5.91 Å². The maximum atomic E-state index is 14.0. The zero-order chi connectivity index (χ0) is 22.2. The maximum absolute atomic E-state index is 14.0. The number of aryl methyl sites for hydroxylation is 1. The average molecular weight is 467 g/mol. The van der Waals surface area contributed by atoms with E-state index in [0.717, 1.165) is 30.7 Å². The van der Waals surface area contributed by atoms with Gasteiger partial charge in [-0.05, 0) is 38.0 Å². The zero-order valence-electron chi connectivity index (χ0n) is 16.6. The number of halogens is 2. The van der Waals surface area contributed by atoms with Crippen LogP contribution in [0.1, 0.15) is 18.5 Å². The van der Waals surface area contributed by atoms with Gasteiger partial charge in [0, 0.05) is 36.4 Å². The molecule has 2 aromatic heterocycles. The summed E-state index contributed by atoms with van der Waals surface area (Å²) in [5.74, 6) is -1.94. The molecule has 1 aliphatic rings. The Hall–Kier alpha value is -2.79. The number of thiazole rings is 1. The number of benzene rings is 1. The van der Waals surface area contributed by atoms with Gasteiger partial charge in [-0.3, -0.25) is 9.52 Å². The van der Waals surface area contributed by atoms with E-state index >= 15 is 0 Å². The summed E-state index contributed by atoms with van der Waals surface area (Å²) >= 11 is 1.33. The molecule has 1 amide bonds. The molecule has 7 nitrogen and oxygen atoms in total. The first-order valence-corrected chi connectivity index (χ1v) is 12.0. The van der Waals surface area contributed by atoms with Crippen molar-refractivity contribution in [2.24, 2.45) is 0 Å². The third-order valence-electron chi connectivity index (χ3n) is 4.96. The van der Waals surface area contributed by atoms with E-state index in [9.17, 15) is 22.0 Å². The Morgan fingerprint density at radius 2 is 1.97 bits per heavy atom. The second-order valence-corrected chi connectivity index (χ2v) is 9.84. The van der Waals surface area contributed by atoms with E-state index in [2.05, 4.69) is 9.71 Å². The highest BCUT2D eigenvalue weighted by Crippen LogP contribution is 2.29. The van der Waals surface area contributed by atoms with Gasteiger partial charge in [0.25, 0.3) is 10.0 Å². The van der Waals surface area contributed by atoms with Gasteiger partial charge < -0.3 is 9.47 Å². The van der Waals surface area contributed by atoms with Crippen LogP contribution >= 0.6 is 11.3 Å². The molecular formula is C20H20F2N4O3S2. The number of sulfonamides is 1. The molecule has 1 N–H and O–H groups in total. The van der Waals surface area contributed by atoms with Crippen LogP contribution in [0, 0.1) is 18.6 Å². The van der Waals surface area contributed by atoms with Crippen molar-refractivity contribution in [3.05, 3.63) is 53.2 Å². The molecule has 0 aliphatic carbocycles. The number of amides is 1. The number of hydrogen-bond donors (Lipinski definition) is 1. The van der Waals surface area contributed by atoms with Crippen molar-refractivity contribution < 1.29 is 22.0 Å². The van der Waals surface area contributed by atoms with Crippen LogP contribution in [-0.4, -0.2) is 41.9 Å². The molecule has 3 heterocycles. The molecule has 0 unspecified atom stereocenters. The van der Waals surface area contributed by atoms with Crippen molar-refractivity contribution >= 4 is 33.0 Å². The predicted molar refractivity (Wildman–Crippen MR) is 113 cm³/mol. The minimum atomic E-state index is -4.19. The number of carbonyl (C=O) groups excluding carboxylic acids is 1. The summed E-state index contributed by atoms with van der Waals surface area (Å²) in [6.45, 7) is 3.15. The summed E-state index contributed by atoms with van der Waals surface area (Å²) in [5, 5.41) is 2.40. The normalized spacial score (nSPS) is 14.2. The van der Waals surface area contributed by atoms with E-state index in [1.165, 1.54) is 23.6 Å². The molecular weight excluding hydrogens is 446 g/mol. The van der Waals surface area contributed by atoms with Gasteiger partial charge in [-0.25, -0.2) is 22.2 Å². The molecule has 1 aromatic carbocycles. The Bertz CT molecular complexity index is 1230. The van der Waals surface area contributed by atoms with Crippen LogP contribution < -0.4 is 4.72 Å². The highest BCUT2D eigenvalue weighted by molar-refractivity contribution is 7.92. The van der Waals surface area contributed by atoms with Crippen LogP contribution in [0.5, 0.6) is 0 Å². The monoisotopic (exact) mass is 466 g/mol. The van der Waals surface area contributed by atoms with Crippen LogP contribution in [0.4, 0.5) is 14.5 Å². The molecule has 1 saturated heterocycles. The number of nitrogens with one attached hydrogen (secondary N) is 1. The lowest BCUT2D eigenvalue weighted by atomic mass is 10.3. The smallest absolute Gasteiger partial charge is 0.263 e. The standard InChI is InChI=1S/C20H20F2N4O3S2/c1-13-12-30-20(23-13)18-9-15(10-26(18)11-19(27)25-6-2-3-7-25)31(28,29)24-17-5-4-14(21)8-16(17)22/h4-5,8-10,12,24H,2-3,6-7,11H2,1H3. The molecule has 164 valence electrons. The van der Waals surface area contributed by atoms with Crippen molar-refractivity contribution in [1.82, 2.24) is 14.5 Å². The first kappa shape index (κ1) is 21.4. The van der Waals surface area contributed by atoms with Crippen LogP contribution in [-0.2, 0) is 21.4 Å². The Morgan fingerprint density at radius 3 is 2.61 bits per heavy atom. The van der Waals surface area contributed by atoms with Crippen molar-refractivity contribution in [3.63, 3.8) is 0 Å². The summed E-state index contributed by atoms with van der Waals surface area (Å²) < 4.78 is 56.6. The molecule has 3 aromatic rings. The van der Waals surface area contributed by atoms with Gasteiger partial charge in [0.05, 0.1) is 11.4 Å². The van der Waals surface area contributed by atoms with Crippen LogP contribution in [0.25, 0.3) is 10.7 Å². The second-order valence-electron chi connectivity index (χ2n) is 7.30. The minimum absolute atomic E-state index is 0.0333. The summed E-state index contributed by atoms with van der Waals surface area (Å²) in [4.78, 5) is 18.7. The first-order valence-electron chi connectivity index (χ1n) is 9.61. The number of likely N-dealkylation sites (tertiary alicyclic amines) is 1. The van der Waals surface area contributed by atoms with Crippen LogP contribution in [0.3, 0.4) is 0 Å². The van der Waals surface area contributed by atoms with E-state index < -0.39 is 21.7 Å². The Labute approximate surface area is 182 Å². The Morgan fingerprint density at radius 1 is 1.23 bits per heavy atom. The minimum Gasteiger partial charge on any atom is -0.341 e. The number of nitrogens with zero attached hydrogens (tertiary/aromatic N) is 3. The Kier molecular flexibility index (Phi) is 5.80. The topological polar surface area (TPSA) is 84.3 Å². The lowest BCUT2D eigenvalue weighted by molar-refractivity contribution is -0.130. The summed E-state index contributed by atoms with van der Waals surface area (Å²) in [6.07, 6.45) is 3.23. The van der Waals surface area contributed by atoms with Crippen molar-refractivity contribution in [2.45, 2.75) is 31.2 Å². The van der Waals surface area contributed by atoms with Crippen LogP contribution in [0.2, 0.25) is 0 Å². The first-order chi connectivity index (χ1) is 14.7. The molecule has 0 bridgehead atoms. The van der Waals surface area contributed by atoms with Crippen molar-refractivity contribution in [1.29, 1.82) is 0 Å². The lowest BCUT2D eigenvalue weighted by Gasteiger charge is -2.16. The van der Waals surface area contributed by atoms with Gasteiger partial charge >= 0.3 is 0 Å². The summed E-state index contributed by atoms with van der Waals surface area (Å²) in [5.41, 5.74) is 0.883. The van der Waals surface area contributed by atoms with E-state index in [4.69, 9.17) is 0 Å². The quantitative estimate of drug-likeness (QED) is 0.601. The van der Waals surface area contributed by atoms with E-state index in [1.54, 1.807) is 9.47 Å². The van der Waals surface area contributed by atoms with E-state index in [0.29, 0.717) is 29.9 Å². The largest absolute Gasteiger partial charge is 0.341 e. The Balaban J connectivity index is 1.68. The highest BCUT2D eigenvalue weighted by Gasteiger charge is 2.25. The lowest BCUT2D eigenvalue weighted by Crippen LogP contribution is -2.31. The van der Waals surface area contributed by atoms with E-state index in [1.807, 2.05) is 12.3 Å². The number of aromatic nitrogens is 2. The second kappa shape index (κ2) is 8.39. The molecule has 1 aliphatic heterocycles. The average Bonchev–Trinajstić information content (AvgIpc) is 3.44. The zero-order valence-corrected chi connectivity index (χ0v) is 18.3. The maximum Gasteiger partial charge on any atom is 0.263 e. The molecule has 11 heteroatoms. The van der Waals surface area contributed by atoms with Gasteiger partial charge in [-0.2, -0.15) is 0 Å². The number of rotatable bonds is 6. The fraction of sp³-hybridized carbons (Fsp3) is 0.300. The molecule has 4 rings (SSSR count). The summed E-state index contributed by atoms with van der Waals surface area (Å²) in [6, 6.07) is 3.98. The predicted octanol–water partition coefficient (Wildman–Crippen LogP) is 3.62. The fourth-order valence-electron chi connectivity index (χ4n) is 3.40. The summed E-state index contributed by atoms with van der Waals surface area (Å²) in [7, 11) is -4.19. The SMILES string of the molecule is Cc1csc(-c2cc(S(=O)(=O)Nc3ccc(F)cc3F)cn2CC(=O)N2CCCC2)n1. The van der Waals surface area contributed by atoms with Crippen molar-refractivity contribution in [3.8, 4) is 10.7 Å². The van der Waals surface area contributed by atoms with Gasteiger partial charge in [0.15, 0.2) is 0 Å². The fourth-order valence-corrected chi connectivity index (χ4v) is 5.33. The molecule has 1 fully saturated rings. The van der Waals surface area contributed by atoms with E-state index in [-0.39, 0.29) is 23.0 Å². The van der Waals surface area contributed by atoms with Gasteiger partial charge in [0.1, 0.15) is 28.1 Å². The van der Waals surface area contributed by atoms with Gasteiger partial charge in [-0.15, -0.1) is 11.3 Å². The third-order valence-corrected chi connectivity index (χ3v) is 7.27. The molecule has 0 saturated carbocycles. The third kappa shape index (κ3) is 4.62. The number of hydrogen-bond acceptors (Lipinski definition) is 5. The molecule has 0 radical (unpaired) electrons. The molecule has 0 atom stereocenters. The molecule has 0 spiro atoms. The van der Waals surface area contributed by atoms with Crippen molar-refractivity contribution in [2.75, 3.05) is 17.8 Å².